The molecular weight excluding hydrogens is 248 g/mol. The summed E-state index contributed by atoms with van der Waals surface area (Å²) in [6.07, 6.45) is 3.00. The Morgan fingerprint density at radius 1 is 1.50 bits per heavy atom. The number of hydrogen-bond donors (Lipinski definition) is 2. The fourth-order valence-electron chi connectivity index (χ4n) is 2.20. The van der Waals surface area contributed by atoms with Crippen LogP contribution in [0.25, 0.3) is 11.0 Å². The number of aromatic amines is 1. The highest BCUT2D eigenvalue weighted by Crippen LogP contribution is 2.29. The van der Waals surface area contributed by atoms with Crippen molar-refractivity contribution >= 4 is 34.6 Å². The lowest BCUT2D eigenvalue weighted by Gasteiger charge is -2.25. The van der Waals surface area contributed by atoms with Gasteiger partial charge in [-0.3, -0.25) is 5.10 Å². The number of anilines is 2. The first-order valence-corrected chi connectivity index (χ1v) is 7.14. The van der Waals surface area contributed by atoms with Crippen LogP contribution in [-0.2, 0) is 0 Å². The van der Waals surface area contributed by atoms with E-state index in [9.17, 15) is 0 Å². The maximum atomic E-state index is 4.57. The number of nitrogens with zero attached hydrogens (tertiary/aromatic N) is 4. The predicted octanol–water partition coefficient (Wildman–Crippen LogP) is 1.34. The van der Waals surface area contributed by atoms with E-state index in [2.05, 4.69) is 37.4 Å². The summed E-state index contributed by atoms with van der Waals surface area (Å²) in [6.45, 7) is 0. The smallest absolute Gasteiger partial charge is 0.226 e. The zero-order chi connectivity index (χ0) is 12.5. The Labute approximate surface area is 110 Å². The van der Waals surface area contributed by atoms with E-state index < -0.39 is 0 Å². The molecule has 0 aromatic carbocycles. The van der Waals surface area contributed by atoms with Crippen LogP contribution in [0.2, 0.25) is 0 Å². The predicted molar refractivity (Wildman–Crippen MR) is 75.4 cm³/mol. The zero-order valence-corrected chi connectivity index (χ0v) is 11.3. The molecule has 2 N–H and O–H groups in total. The highest BCUT2D eigenvalue weighted by Gasteiger charge is 2.23. The lowest BCUT2D eigenvalue weighted by Crippen LogP contribution is -2.32. The largest absolute Gasteiger partial charge is 0.357 e. The maximum Gasteiger partial charge on any atom is 0.226 e. The minimum absolute atomic E-state index is 0.549. The van der Waals surface area contributed by atoms with Crippen LogP contribution < -0.4 is 10.2 Å². The van der Waals surface area contributed by atoms with Crippen LogP contribution in [0.4, 0.5) is 11.8 Å². The van der Waals surface area contributed by atoms with E-state index in [0.29, 0.717) is 12.0 Å². The summed E-state index contributed by atoms with van der Waals surface area (Å²) in [4.78, 5) is 11.2. The Kier molecular flexibility index (Phi) is 2.99. The number of fused-ring (bicyclic) bond motifs is 1. The molecule has 0 bridgehead atoms. The third-order valence-corrected chi connectivity index (χ3v) is 4.45. The molecule has 0 amide bonds. The minimum atomic E-state index is 0.549. The second-order valence-electron chi connectivity index (χ2n) is 4.38. The molecule has 1 unspecified atom stereocenters. The molecule has 1 saturated heterocycles. The molecule has 6 nitrogen and oxygen atoms in total. The van der Waals surface area contributed by atoms with Crippen LogP contribution >= 0.6 is 11.8 Å². The van der Waals surface area contributed by atoms with E-state index >= 15 is 0 Å². The Balaban J connectivity index is 2.05. The standard InChI is InChI=1S/C11H16N6S/c1-12-11-14-9-8(5-13-16-9)10(15-11)17(2)7-3-4-18-6-7/h5,7H,3-4,6H2,1-2H3,(H2,12,13,14,15,16). The fraction of sp³-hybridized carbons (Fsp3) is 0.545. The molecule has 1 atom stereocenters. The van der Waals surface area contributed by atoms with Crippen molar-refractivity contribution < 1.29 is 0 Å². The van der Waals surface area contributed by atoms with Gasteiger partial charge in [0.15, 0.2) is 5.65 Å². The molecule has 96 valence electrons. The monoisotopic (exact) mass is 264 g/mol. The summed E-state index contributed by atoms with van der Waals surface area (Å²) < 4.78 is 0. The molecule has 0 radical (unpaired) electrons. The minimum Gasteiger partial charge on any atom is -0.357 e. The van der Waals surface area contributed by atoms with E-state index in [1.54, 1.807) is 6.20 Å². The van der Waals surface area contributed by atoms with Crippen molar-refractivity contribution in [3.05, 3.63) is 6.20 Å². The van der Waals surface area contributed by atoms with Gasteiger partial charge in [0.05, 0.1) is 11.6 Å². The summed E-state index contributed by atoms with van der Waals surface area (Å²) in [6, 6.07) is 0.549. The molecule has 2 aromatic heterocycles. The molecule has 1 aliphatic heterocycles. The molecule has 7 heteroatoms. The van der Waals surface area contributed by atoms with Gasteiger partial charge >= 0.3 is 0 Å². The third-order valence-electron chi connectivity index (χ3n) is 3.30. The van der Waals surface area contributed by atoms with Crippen molar-refractivity contribution in [2.75, 3.05) is 35.8 Å². The second kappa shape index (κ2) is 4.64. The van der Waals surface area contributed by atoms with Gasteiger partial charge in [0.2, 0.25) is 5.95 Å². The Bertz CT molecular complexity index is 547. The number of nitrogens with one attached hydrogen (secondary N) is 2. The van der Waals surface area contributed by atoms with Crippen molar-refractivity contribution in [3.8, 4) is 0 Å². The molecule has 1 aliphatic rings. The average Bonchev–Trinajstić information content (AvgIpc) is 3.07. The van der Waals surface area contributed by atoms with Crippen molar-refractivity contribution in [2.45, 2.75) is 12.5 Å². The van der Waals surface area contributed by atoms with Gasteiger partial charge < -0.3 is 10.2 Å². The number of hydrogen-bond acceptors (Lipinski definition) is 6. The van der Waals surface area contributed by atoms with Crippen LogP contribution in [0, 0.1) is 0 Å². The Morgan fingerprint density at radius 3 is 3.11 bits per heavy atom. The number of rotatable bonds is 3. The number of H-pyrrole nitrogens is 1. The molecule has 0 aliphatic carbocycles. The number of thioether (sulfide) groups is 1. The summed E-state index contributed by atoms with van der Waals surface area (Å²) in [5.74, 6) is 3.97. The molecular formula is C11H16N6S. The highest BCUT2D eigenvalue weighted by molar-refractivity contribution is 7.99. The normalized spacial score (nSPS) is 19.3. The summed E-state index contributed by atoms with van der Waals surface area (Å²) in [5.41, 5.74) is 0.779. The van der Waals surface area contributed by atoms with Gasteiger partial charge in [0.25, 0.3) is 0 Å². The lowest BCUT2D eigenvalue weighted by molar-refractivity contribution is 0.694. The van der Waals surface area contributed by atoms with Gasteiger partial charge in [-0.25, -0.2) is 0 Å². The van der Waals surface area contributed by atoms with Crippen molar-refractivity contribution in [3.63, 3.8) is 0 Å². The summed E-state index contributed by atoms with van der Waals surface area (Å²) >= 11 is 2.00. The second-order valence-corrected chi connectivity index (χ2v) is 5.53. The fourth-order valence-corrected chi connectivity index (χ4v) is 3.47. The van der Waals surface area contributed by atoms with Gasteiger partial charge in [-0.05, 0) is 12.2 Å². The van der Waals surface area contributed by atoms with Crippen LogP contribution in [0.15, 0.2) is 6.20 Å². The van der Waals surface area contributed by atoms with Crippen molar-refractivity contribution in [2.24, 2.45) is 0 Å². The SMILES string of the molecule is CNc1nc(N(C)C2CCSC2)c2cn[nH]c2n1. The van der Waals surface area contributed by atoms with Crippen molar-refractivity contribution in [1.82, 2.24) is 20.2 Å². The Morgan fingerprint density at radius 2 is 2.39 bits per heavy atom. The van der Waals surface area contributed by atoms with E-state index in [1.807, 2.05) is 18.8 Å². The topological polar surface area (TPSA) is 69.7 Å². The maximum absolute atomic E-state index is 4.57. The molecule has 18 heavy (non-hydrogen) atoms. The van der Waals surface area contributed by atoms with Crippen LogP contribution in [0.5, 0.6) is 0 Å². The first kappa shape index (κ1) is 11.6. The first-order chi connectivity index (χ1) is 8.79. The van der Waals surface area contributed by atoms with Gasteiger partial charge in [-0.2, -0.15) is 26.8 Å². The van der Waals surface area contributed by atoms with Crippen LogP contribution in [0.3, 0.4) is 0 Å². The highest BCUT2D eigenvalue weighted by atomic mass is 32.2. The molecule has 2 aromatic rings. The lowest BCUT2D eigenvalue weighted by atomic mass is 10.2. The van der Waals surface area contributed by atoms with Gasteiger partial charge in [-0.1, -0.05) is 0 Å². The van der Waals surface area contributed by atoms with Gasteiger partial charge in [0, 0.05) is 25.9 Å². The zero-order valence-electron chi connectivity index (χ0n) is 10.5. The first-order valence-electron chi connectivity index (χ1n) is 5.99. The van der Waals surface area contributed by atoms with E-state index in [1.165, 1.54) is 12.2 Å². The van der Waals surface area contributed by atoms with Gasteiger partial charge in [0.1, 0.15) is 5.82 Å². The third kappa shape index (κ3) is 1.88. The number of aromatic nitrogens is 4. The van der Waals surface area contributed by atoms with E-state index in [0.717, 1.165) is 22.6 Å². The quantitative estimate of drug-likeness (QED) is 0.872. The molecule has 0 saturated carbocycles. The summed E-state index contributed by atoms with van der Waals surface area (Å²) in [5, 5.41) is 10.9. The van der Waals surface area contributed by atoms with E-state index in [-0.39, 0.29) is 0 Å². The molecule has 0 spiro atoms. The molecule has 3 heterocycles. The molecule has 1 fully saturated rings. The van der Waals surface area contributed by atoms with Gasteiger partial charge in [-0.15, -0.1) is 0 Å². The summed E-state index contributed by atoms with van der Waals surface area (Å²) in [7, 11) is 3.93. The Hall–Kier alpha value is -1.50. The van der Waals surface area contributed by atoms with Crippen LogP contribution in [0.1, 0.15) is 6.42 Å². The van der Waals surface area contributed by atoms with Crippen molar-refractivity contribution in [1.29, 1.82) is 0 Å². The average molecular weight is 264 g/mol. The van der Waals surface area contributed by atoms with E-state index in [4.69, 9.17) is 0 Å². The molecule has 3 rings (SSSR count). The van der Waals surface area contributed by atoms with Crippen LogP contribution in [-0.4, -0.2) is 51.8 Å².